The molecule has 3 N–H and O–H groups in total. The fraction of sp³-hybridized carbons (Fsp3) is 0.333. The molecule has 0 atom stereocenters. The Kier molecular flexibility index (Phi) is 3.30. The van der Waals surface area contributed by atoms with Gasteiger partial charge < -0.3 is 11.1 Å². The van der Waals surface area contributed by atoms with Crippen LogP contribution in [0, 0.1) is 0 Å². The first-order chi connectivity index (χ1) is 8.88. The summed E-state index contributed by atoms with van der Waals surface area (Å²) in [5.41, 5.74) is 6.28. The molecule has 2 aromatic rings. The summed E-state index contributed by atoms with van der Waals surface area (Å²) in [6.07, 6.45) is 0. The van der Waals surface area contributed by atoms with Crippen molar-refractivity contribution in [2.24, 2.45) is 12.8 Å². The molecule has 0 aliphatic rings. The first-order valence-electron chi connectivity index (χ1n) is 5.81. The number of hydrogen-bond acceptors (Lipinski definition) is 5. The van der Waals surface area contributed by atoms with E-state index in [4.69, 9.17) is 5.73 Å². The lowest BCUT2D eigenvalue weighted by Crippen LogP contribution is -2.45. The second kappa shape index (κ2) is 4.77. The average Bonchev–Trinajstić information content (AvgIpc) is 2.74. The summed E-state index contributed by atoms with van der Waals surface area (Å²) in [6.45, 7) is 3.30. The number of tetrazole rings is 1. The van der Waals surface area contributed by atoms with Crippen LogP contribution in [0.15, 0.2) is 24.3 Å². The van der Waals surface area contributed by atoms with E-state index in [-0.39, 0.29) is 5.91 Å². The Morgan fingerprint density at radius 2 is 2.16 bits per heavy atom. The highest BCUT2D eigenvalue weighted by atomic mass is 16.2. The van der Waals surface area contributed by atoms with Crippen LogP contribution in [0.4, 0.5) is 5.69 Å². The summed E-state index contributed by atoms with van der Waals surface area (Å²) in [4.78, 5) is 11.8. The molecular weight excluding hydrogens is 244 g/mol. The Balaban J connectivity index is 2.26. The third-order valence-corrected chi connectivity index (χ3v) is 2.58. The molecule has 0 radical (unpaired) electrons. The second-order valence-electron chi connectivity index (χ2n) is 4.88. The van der Waals surface area contributed by atoms with E-state index in [1.807, 2.05) is 12.1 Å². The summed E-state index contributed by atoms with van der Waals surface area (Å²) >= 11 is 0. The molecule has 0 aliphatic carbocycles. The van der Waals surface area contributed by atoms with E-state index < -0.39 is 5.54 Å². The van der Waals surface area contributed by atoms with Crippen molar-refractivity contribution >= 4 is 11.6 Å². The van der Waals surface area contributed by atoms with Gasteiger partial charge in [-0.2, -0.15) is 0 Å². The summed E-state index contributed by atoms with van der Waals surface area (Å²) in [5.74, 6) is 0.379. The Hall–Kier alpha value is -2.28. The number of hydrogen-bond donors (Lipinski definition) is 2. The molecule has 2 rings (SSSR count). The van der Waals surface area contributed by atoms with Gasteiger partial charge in [-0.15, -0.1) is 5.10 Å². The quantitative estimate of drug-likeness (QED) is 0.839. The van der Waals surface area contributed by atoms with Gasteiger partial charge in [0.1, 0.15) is 0 Å². The van der Waals surface area contributed by atoms with Crippen LogP contribution in [0.5, 0.6) is 0 Å². The van der Waals surface area contributed by atoms with Gasteiger partial charge in [0.15, 0.2) is 5.82 Å². The highest BCUT2D eigenvalue weighted by Crippen LogP contribution is 2.20. The van der Waals surface area contributed by atoms with E-state index in [1.54, 1.807) is 37.7 Å². The van der Waals surface area contributed by atoms with Crippen molar-refractivity contribution in [3.63, 3.8) is 0 Å². The maximum absolute atomic E-state index is 11.8. The molecule has 0 bridgehead atoms. The predicted molar refractivity (Wildman–Crippen MR) is 71.1 cm³/mol. The first kappa shape index (κ1) is 13.2. The maximum Gasteiger partial charge on any atom is 0.243 e. The second-order valence-corrected chi connectivity index (χ2v) is 4.88. The van der Waals surface area contributed by atoms with Gasteiger partial charge in [0, 0.05) is 18.3 Å². The van der Waals surface area contributed by atoms with E-state index in [0.29, 0.717) is 11.5 Å². The van der Waals surface area contributed by atoms with Gasteiger partial charge >= 0.3 is 0 Å². The number of aromatic nitrogens is 4. The fourth-order valence-electron chi connectivity index (χ4n) is 1.50. The number of nitrogens with two attached hydrogens (primary N) is 1. The van der Waals surface area contributed by atoms with Gasteiger partial charge in [-0.25, -0.2) is 4.68 Å². The van der Waals surface area contributed by atoms with Crippen molar-refractivity contribution in [2.45, 2.75) is 19.4 Å². The molecule has 0 saturated heterocycles. The van der Waals surface area contributed by atoms with Gasteiger partial charge in [0.2, 0.25) is 5.91 Å². The fourth-order valence-corrected chi connectivity index (χ4v) is 1.50. The van der Waals surface area contributed by atoms with Crippen molar-refractivity contribution in [1.82, 2.24) is 20.2 Å². The van der Waals surface area contributed by atoms with Crippen molar-refractivity contribution in [3.05, 3.63) is 24.3 Å². The third-order valence-electron chi connectivity index (χ3n) is 2.58. The number of carbonyl (C=O) groups is 1. The van der Waals surface area contributed by atoms with Crippen LogP contribution in [0.25, 0.3) is 11.4 Å². The lowest BCUT2D eigenvalue weighted by Gasteiger charge is -2.18. The molecule has 100 valence electrons. The minimum Gasteiger partial charge on any atom is -0.324 e. The predicted octanol–water partition coefficient (Wildman–Crippen LogP) is 0.553. The molecule has 0 fully saturated rings. The number of aryl methyl sites for hydroxylation is 1. The van der Waals surface area contributed by atoms with Gasteiger partial charge in [0.05, 0.1) is 5.54 Å². The zero-order valence-corrected chi connectivity index (χ0v) is 11.1. The summed E-state index contributed by atoms with van der Waals surface area (Å²) in [5, 5.41) is 14.0. The molecule has 7 nitrogen and oxygen atoms in total. The van der Waals surface area contributed by atoms with Crippen LogP contribution in [0.3, 0.4) is 0 Å². The largest absolute Gasteiger partial charge is 0.324 e. The number of nitrogens with one attached hydrogen (secondary N) is 1. The number of rotatable bonds is 3. The topological polar surface area (TPSA) is 98.7 Å². The first-order valence-corrected chi connectivity index (χ1v) is 5.81. The van der Waals surface area contributed by atoms with E-state index in [2.05, 4.69) is 20.8 Å². The normalized spacial score (nSPS) is 11.4. The van der Waals surface area contributed by atoms with E-state index in [1.165, 1.54) is 0 Å². The molecule has 0 saturated carbocycles. The molecule has 19 heavy (non-hydrogen) atoms. The molecule has 7 heteroatoms. The highest BCUT2D eigenvalue weighted by Gasteiger charge is 2.21. The molecule has 1 aromatic heterocycles. The highest BCUT2D eigenvalue weighted by molar-refractivity contribution is 5.97. The monoisotopic (exact) mass is 260 g/mol. The Morgan fingerprint density at radius 1 is 1.42 bits per heavy atom. The third kappa shape index (κ3) is 2.94. The van der Waals surface area contributed by atoms with E-state index in [9.17, 15) is 4.79 Å². The average molecular weight is 260 g/mol. The molecule has 1 aromatic carbocycles. The molecule has 1 heterocycles. The molecule has 0 unspecified atom stereocenters. The van der Waals surface area contributed by atoms with Gasteiger partial charge in [-0.05, 0) is 36.4 Å². The van der Waals surface area contributed by atoms with Crippen LogP contribution < -0.4 is 11.1 Å². The Morgan fingerprint density at radius 3 is 2.74 bits per heavy atom. The van der Waals surface area contributed by atoms with Gasteiger partial charge in [-0.3, -0.25) is 4.79 Å². The van der Waals surface area contributed by atoms with Crippen LogP contribution >= 0.6 is 0 Å². The smallest absolute Gasteiger partial charge is 0.243 e. The molecule has 0 spiro atoms. The SMILES string of the molecule is Cn1nnnc1-c1cccc(NC(=O)C(C)(C)N)c1. The maximum atomic E-state index is 11.8. The zero-order valence-electron chi connectivity index (χ0n) is 11.1. The standard InChI is InChI=1S/C12H16N6O/c1-12(2,13)11(19)14-9-6-4-5-8(7-9)10-15-16-17-18(10)3/h4-7H,13H2,1-3H3,(H,14,19). The van der Waals surface area contributed by atoms with Crippen LogP contribution in [0.1, 0.15) is 13.8 Å². The van der Waals surface area contributed by atoms with Gasteiger partial charge in [0.25, 0.3) is 0 Å². The number of amides is 1. The van der Waals surface area contributed by atoms with Crippen molar-refractivity contribution in [2.75, 3.05) is 5.32 Å². The molecular formula is C12H16N6O. The summed E-state index contributed by atoms with van der Waals surface area (Å²) in [7, 11) is 1.75. The number of carbonyl (C=O) groups excluding carboxylic acids is 1. The minimum atomic E-state index is -0.928. The number of benzene rings is 1. The lowest BCUT2D eigenvalue weighted by atomic mass is 10.1. The number of anilines is 1. The Bertz CT molecular complexity index is 598. The summed E-state index contributed by atoms with van der Waals surface area (Å²) < 4.78 is 1.56. The van der Waals surface area contributed by atoms with E-state index in [0.717, 1.165) is 5.56 Å². The molecule has 0 aliphatic heterocycles. The van der Waals surface area contributed by atoms with E-state index >= 15 is 0 Å². The minimum absolute atomic E-state index is 0.249. The molecule has 1 amide bonds. The van der Waals surface area contributed by atoms with Crippen LogP contribution in [0.2, 0.25) is 0 Å². The summed E-state index contributed by atoms with van der Waals surface area (Å²) in [6, 6.07) is 7.28. The Labute approximate surface area is 110 Å². The van der Waals surface area contributed by atoms with Crippen LogP contribution in [-0.4, -0.2) is 31.7 Å². The van der Waals surface area contributed by atoms with Crippen molar-refractivity contribution < 1.29 is 4.79 Å². The van der Waals surface area contributed by atoms with Crippen molar-refractivity contribution in [3.8, 4) is 11.4 Å². The zero-order chi connectivity index (χ0) is 14.0. The number of nitrogens with zero attached hydrogens (tertiary/aromatic N) is 4. The van der Waals surface area contributed by atoms with Crippen molar-refractivity contribution in [1.29, 1.82) is 0 Å². The van der Waals surface area contributed by atoms with Crippen LogP contribution in [-0.2, 0) is 11.8 Å². The lowest BCUT2D eigenvalue weighted by molar-refractivity contribution is -0.120. The van der Waals surface area contributed by atoms with Gasteiger partial charge in [-0.1, -0.05) is 12.1 Å².